The fraction of sp³-hybridized carbons (Fsp3) is 0.286. The van der Waals surface area contributed by atoms with Crippen molar-refractivity contribution in [2.75, 3.05) is 5.75 Å². The highest BCUT2D eigenvalue weighted by atomic mass is 32.2. The van der Waals surface area contributed by atoms with E-state index < -0.39 is 0 Å². The molecule has 94 valence electrons. The summed E-state index contributed by atoms with van der Waals surface area (Å²) in [4.78, 5) is 13.1. The lowest BCUT2D eigenvalue weighted by Crippen LogP contribution is -2.02. The Morgan fingerprint density at radius 2 is 2.11 bits per heavy atom. The number of hydrogen-bond donors (Lipinski definition) is 0. The molecule has 0 N–H and O–H groups in total. The van der Waals surface area contributed by atoms with Gasteiger partial charge in [0.2, 0.25) is 0 Å². The van der Waals surface area contributed by atoms with Crippen molar-refractivity contribution in [1.29, 1.82) is 0 Å². The molecule has 0 atom stereocenters. The number of aryl methyl sites for hydroxylation is 3. The first-order valence-corrected chi connectivity index (χ1v) is 6.77. The Kier molecular flexibility index (Phi) is 3.87. The summed E-state index contributed by atoms with van der Waals surface area (Å²) in [6, 6.07) is 5.85. The van der Waals surface area contributed by atoms with Gasteiger partial charge in [-0.3, -0.25) is 9.48 Å². The number of benzene rings is 1. The Morgan fingerprint density at radius 1 is 1.33 bits per heavy atom. The molecule has 1 aromatic heterocycles. The van der Waals surface area contributed by atoms with Crippen LogP contribution in [0.3, 0.4) is 0 Å². The van der Waals surface area contributed by atoms with E-state index in [-0.39, 0.29) is 5.78 Å². The van der Waals surface area contributed by atoms with E-state index in [1.165, 1.54) is 17.3 Å². The third-order valence-electron chi connectivity index (χ3n) is 2.88. The Morgan fingerprint density at radius 3 is 2.72 bits per heavy atom. The van der Waals surface area contributed by atoms with Crippen LogP contribution in [0.5, 0.6) is 0 Å². The van der Waals surface area contributed by atoms with E-state index in [1.807, 2.05) is 45.3 Å². The fourth-order valence-corrected chi connectivity index (χ4v) is 2.43. The highest BCUT2D eigenvalue weighted by Crippen LogP contribution is 2.19. The third kappa shape index (κ3) is 3.01. The molecule has 0 bridgehead atoms. The molecule has 0 radical (unpaired) electrons. The Bertz CT molecular complexity index is 575. The van der Waals surface area contributed by atoms with Gasteiger partial charge in [-0.05, 0) is 31.0 Å². The van der Waals surface area contributed by atoms with Gasteiger partial charge in [-0.15, -0.1) is 11.8 Å². The van der Waals surface area contributed by atoms with Crippen molar-refractivity contribution in [2.45, 2.75) is 18.7 Å². The molecule has 0 amide bonds. The normalized spacial score (nSPS) is 10.6. The lowest BCUT2D eigenvalue weighted by Gasteiger charge is -2.04. The summed E-state index contributed by atoms with van der Waals surface area (Å²) >= 11 is 1.52. The van der Waals surface area contributed by atoms with Gasteiger partial charge in [0, 0.05) is 23.7 Å². The van der Waals surface area contributed by atoms with Crippen LogP contribution in [-0.4, -0.2) is 21.3 Å². The zero-order chi connectivity index (χ0) is 13.1. The van der Waals surface area contributed by atoms with Gasteiger partial charge in [0.25, 0.3) is 0 Å². The second-order valence-corrected chi connectivity index (χ2v) is 5.41. The van der Waals surface area contributed by atoms with Crippen molar-refractivity contribution in [2.24, 2.45) is 7.05 Å². The van der Waals surface area contributed by atoms with E-state index in [2.05, 4.69) is 5.10 Å². The highest BCUT2D eigenvalue weighted by molar-refractivity contribution is 8.00. The van der Waals surface area contributed by atoms with Gasteiger partial charge in [-0.1, -0.05) is 12.1 Å². The summed E-state index contributed by atoms with van der Waals surface area (Å²) in [6.45, 7) is 4.08. The van der Waals surface area contributed by atoms with Gasteiger partial charge in [-0.2, -0.15) is 5.10 Å². The van der Waals surface area contributed by atoms with Crippen LogP contribution < -0.4 is 0 Å². The molecule has 3 nitrogen and oxygen atoms in total. The van der Waals surface area contributed by atoms with Gasteiger partial charge in [0.15, 0.2) is 5.78 Å². The maximum Gasteiger partial charge on any atom is 0.173 e. The number of carbonyl (C=O) groups excluding carboxylic acids is 1. The van der Waals surface area contributed by atoms with Crippen LogP contribution in [0, 0.1) is 13.8 Å². The zero-order valence-electron chi connectivity index (χ0n) is 10.8. The molecule has 1 heterocycles. The van der Waals surface area contributed by atoms with Crippen molar-refractivity contribution in [3.05, 3.63) is 47.3 Å². The third-order valence-corrected chi connectivity index (χ3v) is 3.83. The maximum absolute atomic E-state index is 12.0. The molecule has 0 saturated heterocycles. The van der Waals surface area contributed by atoms with E-state index in [1.54, 1.807) is 10.9 Å². The summed E-state index contributed by atoms with van der Waals surface area (Å²) in [5, 5.41) is 4.08. The SMILES string of the molecule is Cc1ccc(C(=O)CSc2cnn(C)c2)cc1C. The van der Waals surface area contributed by atoms with Gasteiger partial charge < -0.3 is 0 Å². The van der Waals surface area contributed by atoms with Crippen LogP contribution in [0.2, 0.25) is 0 Å². The number of thioether (sulfide) groups is 1. The first kappa shape index (κ1) is 12.9. The molecule has 1 aromatic carbocycles. The molecule has 18 heavy (non-hydrogen) atoms. The predicted molar refractivity (Wildman–Crippen MR) is 74.2 cm³/mol. The molecule has 0 spiro atoms. The quantitative estimate of drug-likeness (QED) is 0.626. The molecule has 2 rings (SSSR count). The summed E-state index contributed by atoms with van der Waals surface area (Å²) < 4.78 is 1.74. The molecule has 0 aliphatic rings. The summed E-state index contributed by atoms with van der Waals surface area (Å²) in [5.41, 5.74) is 3.16. The number of nitrogens with zero attached hydrogens (tertiary/aromatic N) is 2. The van der Waals surface area contributed by atoms with Gasteiger partial charge >= 0.3 is 0 Å². The van der Waals surface area contributed by atoms with E-state index in [0.29, 0.717) is 5.75 Å². The van der Waals surface area contributed by atoms with E-state index in [0.717, 1.165) is 16.0 Å². The molecule has 0 fully saturated rings. The minimum absolute atomic E-state index is 0.159. The minimum Gasteiger partial charge on any atom is -0.293 e. The molecule has 0 saturated carbocycles. The Labute approximate surface area is 111 Å². The molecule has 0 aliphatic carbocycles. The average Bonchev–Trinajstić information content (AvgIpc) is 2.75. The molecule has 0 aliphatic heterocycles. The number of carbonyl (C=O) groups is 1. The van der Waals surface area contributed by atoms with Crippen LogP contribution in [-0.2, 0) is 7.05 Å². The predicted octanol–water partition coefficient (Wildman–Crippen LogP) is 3.01. The van der Waals surface area contributed by atoms with Crippen molar-refractivity contribution in [3.8, 4) is 0 Å². The second kappa shape index (κ2) is 5.40. The number of rotatable bonds is 4. The van der Waals surface area contributed by atoms with Crippen molar-refractivity contribution in [3.63, 3.8) is 0 Å². The summed E-state index contributed by atoms with van der Waals surface area (Å²) in [6.07, 6.45) is 3.69. The van der Waals surface area contributed by atoms with E-state index >= 15 is 0 Å². The minimum atomic E-state index is 0.159. The largest absolute Gasteiger partial charge is 0.293 e. The molecular formula is C14H16N2OS. The summed E-state index contributed by atoms with van der Waals surface area (Å²) in [5.74, 6) is 0.612. The first-order valence-electron chi connectivity index (χ1n) is 5.78. The smallest absolute Gasteiger partial charge is 0.173 e. The number of Topliss-reactive ketones (excluding diaryl/α,β-unsaturated/α-hetero) is 1. The maximum atomic E-state index is 12.0. The van der Waals surface area contributed by atoms with E-state index in [9.17, 15) is 4.79 Å². The van der Waals surface area contributed by atoms with Gasteiger partial charge in [-0.25, -0.2) is 0 Å². The topological polar surface area (TPSA) is 34.9 Å². The second-order valence-electron chi connectivity index (χ2n) is 4.36. The van der Waals surface area contributed by atoms with Crippen LogP contribution in [0.1, 0.15) is 21.5 Å². The zero-order valence-corrected chi connectivity index (χ0v) is 11.6. The average molecular weight is 260 g/mol. The van der Waals surface area contributed by atoms with Crippen LogP contribution in [0.4, 0.5) is 0 Å². The number of hydrogen-bond acceptors (Lipinski definition) is 3. The highest BCUT2D eigenvalue weighted by Gasteiger charge is 2.08. The molecule has 0 unspecified atom stereocenters. The number of ketones is 1. The fourth-order valence-electron chi connectivity index (χ4n) is 1.62. The Hall–Kier alpha value is -1.55. The number of aromatic nitrogens is 2. The van der Waals surface area contributed by atoms with Gasteiger partial charge in [0.1, 0.15) is 0 Å². The lowest BCUT2D eigenvalue weighted by atomic mass is 10.0. The standard InChI is InChI=1S/C14H16N2OS/c1-10-4-5-12(6-11(10)2)14(17)9-18-13-7-15-16(3)8-13/h4-8H,9H2,1-3H3. The van der Waals surface area contributed by atoms with Crippen molar-refractivity contribution < 1.29 is 4.79 Å². The summed E-state index contributed by atoms with van der Waals surface area (Å²) in [7, 11) is 1.87. The first-order chi connectivity index (χ1) is 8.56. The monoisotopic (exact) mass is 260 g/mol. The van der Waals surface area contributed by atoms with Gasteiger partial charge in [0.05, 0.1) is 11.9 Å². The molecular weight excluding hydrogens is 244 g/mol. The van der Waals surface area contributed by atoms with E-state index in [4.69, 9.17) is 0 Å². The lowest BCUT2D eigenvalue weighted by molar-refractivity contribution is 0.102. The Balaban J connectivity index is 2.01. The van der Waals surface area contributed by atoms with Crippen LogP contribution in [0.25, 0.3) is 0 Å². The van der Waals surface area contributed by atoms with Crippen LogP contribution in [0.15, 0.2) is 35.5 Å². The van der Waals surface area contributed by atoms with Crippen LogP contribution >= 0.6 is 11.8 Å². The van der Waals surface area contributed by atoms with Crippen molar-refractivity contribution >= 4 is 17.5 Å². The molecule has 2 aromatic rings. The molecule has 4 heteroatoms. The van der Waals surface area contributed by atoms with Crippen molar-refractivity contribution in [1.82, 2.24) is 9.78 Å².